The number of piperidine rings is 1. The number of nitrogens with zero attached hydrogens (tertiary/aromatic N) is 1. The summed E-state index contributed by atoms with van der Waals surface area (Å²) in [6.45, 7) is 4.98. The minimum absolute atomic E-state index is 0.0331. The molecule has 110 valence electrons. The highest BCUT2D eigenvalue weighted by molar-refractivity contribution is 7.10. The van der Waals surface area contributed by atoms with E-state index in [1.807, 2.05) is 25.3 Å². The molecule has 0 spiro atoms. The first kappa shape index (κ1) is 14.8. The summed E-state index contributed by atoms with van der Waals surface area (Å²) >= 11 is 1.63. The molecule has 0 bridgehead atoms. The zero-order valence-electron chi connectivity index (χ0n) is 11.8. The molecule has 1 fully saturated rings. The number of carboxylic acids is 1. The maximum absolute atomic E-state index is 12.2. The third kappa shape index (κ3) is 3.30. The first-order valence-electron chi connectivity index (χ1n) is 6.79. The molecular formula is C14H20N2O3S. The SMILES string of the molecule is Cc1ccsc1CNC(=O)N1CCC(C(=O)O)CC1C. The molecule has 1 aromatic heterocycles. The van der Waals surface area contributed by atoms with Gasteiger partial charge in [-0.3, -0.25) is 4.79 Å². The number of rotatable bonds is 3. The van der Waals surface area contributed by atoms with Crippen molar-refractivity contribution >= 4 is 23.3 Å². The molecule has 2 rings (SSSR count). The Morgan fingerprint density at radius 1 is 1.55 bits per heavy atom. The van der Waals surface area contributed by atoms with Gasteiger partial charge in [0.05, 0.1) is 12.5 Å². The molecule has 5 nitrogen and oxygen atoms in total. The second kappa shape index (κ2) is 6.26. The zero-order valence-corrected chi connectivity index (χ0v) is 12.6. The molecule has 0 aromatic carbocycles. The quantitative estimate of drug-likeness (QED) is 0.900. The van der Waals surface area contributed by atoms with Gasteiger partial charge >= 0.3 is 12.0 Å². The van der Waals surface area contributed by atoms with Crippen LogP contribution < -0.4 is 5.32 Å². The number of aliphatic carboxylic acids is 1. The molecule has 2 N–H and O–H groups in total. The Kier molecular flexibility index (Phi) is 4.65. The molecule has 0 radical (unpaired) electrons. The Labute approximate surface area is 122 Å². The summed E-state index contributed by atoms with van der Waals surface area (Å²) in [4.78, 5) is 26.0. The van der Waals surface area contributed by atoms with Crippen LogP contribution in [0, 0.1) is 12.8 Å². The highest BCUT2D eigenvalue weighted by Crippen LogP contribution is 2.23. The Balaban J connectivity index is 1.87. The molecule has 20 heavy (non-hydrogen) atoms. The van der Waals surface area contributed by atoms with Gasteiger partial charge in [-0.05, 0) is 43.7 Å². The van der Waals surface area contributed by atoms with Crippen LogP contribution in [0.3, 0.4) is 0 Å². The van der Waals surface area contributed by atoms with E-state index in [0.29, 0.717) is 25.9 Å². The molecule has 1 saturated heterocycles. The number of carboxylic acid groups (broad SMARTS) is 1. The van der Waals surface area contributed by atoms with Gasteiger partial charge in [0, 0.05) is 17.5 Å². The monoisotopic (exact) mass is 296 g/mol. The van der Waals surface area contributed by atoms with Crippen LogP contribution >= 0.6 is 11.3 Å². The molecule has 2 amide bonds. The molecule has 2 heterocycles. The van der Waals surface area contributed by atoms with Crippen LogP contribution in [0.2, 0.25) is 0 Å². The number of likely N-dealkylation sites (tertiary alicyclic amines) is 1. The Bertz CT molecular complexity index is 500. The van der Waals surface area contributed by atoms with E-state index in [-0.39, 0.29) is 18.0 Å². The van der Waals surface area contributed by atoms with Gasteiger partial charge in [-0.15, -0.1) is 11.3 Å². The second-order valence-corrected chi connectivity index (χ2v) is 6.29. The first-order valence-corrected chi connectivity index (χ1v) is 7.67. The lowest BCUT2D eigenvalue weighted by molar-refractivity contribution is -0.143. The number of hydrogen-bond acceptors (Lipinski definition) is 3. The van der Waals surface area contributed by atoms with E-state index in [1.165, 1.54) is 5.56 Å². The summed E-state index contributed by atoms with van der Waals surface area (Å²) in [5.74, 6) is -1.08. The number of amides is 2. The van der Waals surface area contributed by atoms with Crippen molar-refractivity contribution in [3.63, 3.8) is 0 Å². The van der Waals surface area contributed by atoms with Crippen molar-refractivity contribution in [1.29, 1.82) is 0 Å². The lowest BCUT2D eigenvalue weighted by atomic mass is 9.92. The number of hydrogen-bond donors (Lipinski definition) is 2. The number of carbonyl (C=O) groups excluding carboxylic acids is 1. The highest BCUT2D eigenvalue weighted by Gasteiger charge is 2.32. The molecule has 2 atom stereocenters. The summed E-state index contributed by atoms with van der Waals surface area (Å²) in [5.41, 5.74) is 1.19. The van der Waals surface area contributed by atoms with Crippen molar-refractivity contribution in [3.05, 3.63) is 21.9 Å². The van der Waals surface area contributed by atoms with Gasteiger partial charge in [0.15, 0.2) is 0 Å². The summed E-state index contributed by atoms with van der Waals surface area (Å²) < 4.78 is 0. The molecule has 2 unspecified atom stereocenters. The molecule has 1 aromatic rings. The number of carbonyl (C=O) groups is 2. The normalized spacial score (nSPS) is 22.6. The smallest absolute Gasteiger partial charge is 0.317 e. The van der Waals surface area contributed by atoms with E-state index < -0.39 is 5.97 Å². The van der Waals surface area contributed by atoms with Crippen LogP contribution in [0.5, 0.6) is 0 Å². The first-order chi connectivity index (χ1) is 9.49. The number of aryl methyl sites for hydroxylation is 1. The van der Waals surface area contributed by atoms with Crippen molar-refractivity contribution in [2.75, 3.05) is 6.54 Å². The van der Waals surface area contributed by atoms with Gasteiger partial charge in [0.1, 0.15) is 0 Å². The minimum atomic E-state index is -0.758. The maximum Gasteiger partial charge on any atom is 0.317 e. The standard InChI is InChI=1S/C14H20N2O3S/c1-9-4-6-20-12(9)8-15-14(19)16-5-3-11(13(17)18)7-10(16)2/h4,6,10-11H,3,5,7-8H2,1-2H3,(H,15,19)(H,17,18). The Morgan fingerprint density at radius 3 is 2.85 bits per heavy atom. The molecule has 6 heteroatoms. The third-order valence-electron chi connectivity index (χ3n) is 3.85. The van der Waals surface area contributed by atoms with E-state index in [4.69, 9.17) is 5.11 Å². The summed E-state index contributed by atoms with van der Waals surface area (Å²) in [6.07, 6.45) is 1.06. The van der Waals surface area contributed by atoms with Gasteiger partial charge < -0.3 is 15.3 Å². The van der Waals surface area contributed by atoms with E-state index in [1.54, 1.807) is 16.2 Å². The molecular weight excluding hydrogens is 276 g/mol. The average Bonchev–Trinajstić information content (AvgIpc) is 2.81. The fraction of sp³-hybridized carbons (Fsp3) is 0.571. The summed E-state index contributed by atoms with van der Waals surface area (Å²) in [6, 6.07) is 1.90. The van der Waals surface area contributed by atoms with Crippen LogP contribution in [0.1, 0.15) is 30.2 Å². The second-order valence-electron chi connectivity index (χ2n) is 5.29. The summed E-state index contributed by atoms with van der Waals surface area (Å²) in [5, 5.41) is 14.0. The van der Waals surface area contributed by atoms with Crippen molar-refractivity contribution in [2.45, 2.75) is 39.3 Å². The topological polar surface area (TPSA) is 69.6 Å². The minimum Gasteiger partial charge on any atom is -0.481 e. The van der Waals surface area contributed by atoms with Crippen LogP contribution in [0.15, 0.2) is 11.4 Å². The van der Waals surface area contributed by atoms with Crippen LogP contribution in [0.25, 0.3) is 0 Å². The highest BCUT2D eigenvalue weighted by atomic mass is 32.1. The lowest BCUT2D eigenvalue weighted by Crippen LogP contribution is -2.49. The number of urea groups is 1. The molecule has 0 aliphatic carbocycles. The van der Waals surface area contributed by atoms with Gasteiger partial charge in [-0.25, -0.2) is 4.79 Å². The van der Waals surface area contributed by atoms with Crippen molar-refractivity contribution in [2.24, 2.45) is 5.92 Å². The fourth-order valence-corrected chi connectivity index (χ4v) is 3.39. The fourth-order valence-electron chi connectivity index (χ4n) is 2.54. The van der Waals surface area contributed by atoms with Crippen LogP contribution in [-0.4, -0.2) is 34.6 Å². The largest absolute Gasteiger partial charge is 0.481 e. The van der Waals surface area contributed by atoms with E-state index >= 15 is 0 Å². The molecule has 0 saturated carbocycles. The van der Waals surface area contributed by atoms with Crippen molar-refractivity contribution in [3.8, 4) is 0 Å². The van der Waals surface area contributed by atoms with Crippen molar-refractivity contribution in [1.82, 2.24) is 10.2 Å². The van der Waals surface area contributed by atoms with Gasteiger partial charge in [-0.1, -0.05) is 0 Å². The van der Waals surface area contributed by atoms with Crippen molar-refractivity contribution < 1.29 is 14.7 Å². The predicted molar refractivity (Wildman–Crippen MR) is 77.8 cm³/mol. The van der Waals surface area contributed by atoms with Gasteiger partial charge in [-0.2, -0.15) is 0 Å². The van der Waals surface area contributed by atoms with E-state index in [0.717, 1.165) is 4.88 Å². The lowest BCUT2D eigenvalue weighted by Gasteiger charge is -2.36. The third-order valence-corrected chi connectivity index (χ3v) is 4.88. The van der Waals surface area contributed by atoms with Gasteiger partial charge in [0.2, 0.25) is 0 Å². The predicted octanol–water partition coefficient (Wildman–Crippen LogP) is 2.45. The van der Waals surface area contributed by atoms with Crippen LogP contribution in [0.4, 0.5) is 4.79 Å². The number of nitrogens with one attached hydrogen (secondary N) is 1. The number of thiophene rings is 1. The van der Waals surface area contributed by atoms with E-state index in [9.17, 15) is 9.59 Å². The summed E-state index contributed by atoms with van der Waals surface area (Å²) in [7, 11) is 0. The van der Waals surface area contributed by atoms with Gasteiger partial charge in [0.25, 0.3) is 0 Å². The Morgan fingerprint density at radius 2 is 2.30 bits per heavy atom. The Hall–Kier alpha value is -1.56. The molecule has 1 aliphatic rings. The van der Waals surface area contributed by atoms with E-state index in [2.05, 4.69) is 5.32 Å². The maximum atomic E-state index is 12.2. The van der Waals surface area contributed by atoms with Crippen LogP contribution in [-0.2, 0) is 11.3 Å². The zero-order chi connectivity index (χ0) is 14.7. The average molecular weight is 296 g/mol. The molecule has 1 aliphatic heterocycles.